The Kier molecular flexibility index (Phi) is 6.06. The summed E-state index contributed by atoms with van der Waals surface area (Å²) in [6.45, 7) is 7.84. The predicted octanol–water partition coefficient (Wildman–Crippen LogP) is 2.86. The molecule has 1 atom stereocenters. The van der Waals surface area contributed by atoms with E-state index in [2.05, 4.69) is 39.5 Å². The largest absolute Gasteiger partial charge is 0.447 e. The Morgan fingerprint density at radius 1 is 1.26 bits per heavy atom. The number of hydrogen-bond donors (Lipinski definition) is 1. The normalized spacial score (nSPS) is 19.1. The number of aryl methyl sites for hydroxylation is 1. The van der Waals surface area contributed by atoms with Gasteiger partial charge in [-0.05, 0) is 19.4 Å². The molecule has 2 fully saturated rings. The maximum absolute atomic E-state index is 11.8. The standard InChI is InChI=1S/C24H29N7O3/c1-16-5-4-6-18(11-16)17(2)27-28-21-12-20(30-7-9-33-10-8-30)22-23(26-21)31(15-25-22)13-19-14-34-24(32)29(19)3/h4-6,11-12,15,19H,7-10,13-14H2,1-3H3,(H,26,28)/b27-17+/t19-/m0/s1. The van der Waals surface area contributed by atoms with Crippen LogP contribution in [-0.2, 0) is 16.0 Å². The molecule has 1 aromatic carbocycles. The summed E-state index contributed by atoms with van der Waals surface area (Å²) in [6, 6.07) is 10.2. The van der Waals surface area contributed by atoms with Crippen molar-refractivity contribution in [3.05, 3.63) is 47.8 Å². The number of rotatable bonds is 6. The number of benzene rings is 1. The van der Waals surface area contributed by atoms with Gasteiger partial charge in [0.2, 0.25) is 0 Å². The fourth-order valence-corrected chi connectivity index (χ4v) is 4.26. The predicted molar refractivity (Wildman–Crippen MR) is 130 cm³/mol. The van der Waals surface area contributed by atoms with Crippen LogP contribution in [0.4, 0.5) is 16.3 Å². The summed E-state index contributed by atoms with van der Waals surface area (Å²) in [7, 11) is 1.75. The van der Waals surface area contributed by atoms with Crippen molar-refractivity contribution in [1.82, 2.24) is 19.4 Å². The Morgan fingerprint density at radius 3 is 2.82 bits per heavy atom. The molecule has 2 aliphatic rings. The van der Waals surface area contributed by atoms with E-state index in [-0.39, 0.29) is 12.1 Å². The molecule has 0 saturated carbocycles. The van der Waals surface area contributed by atoms with Crippen molar-refractivity contribution in [2.45, 2.75) is 26.4 Å². The molecule has 2 aliphatic heterocycles. The van der Waals surface area contributed by atoms with Gasteiger partial charge in [-0.25, -0.2) is 14.8 Å². The van der Waals surface area contributed by atoms with Crippen molar-refractivity contribution in [1.29, 1.82) is 0 Å². The Bertz CT molecular complexity index is 1230. The third kappa shape index (κ3) is 4.41. The zero-order valence-corrected chi connectivity index (χ0v) is 19.7. The van der Waals surface area contributed by atoms with Gasteiger partial charge in [0, 0.05) is 32.7 Å². The molecule has 0 radical (unpaired) electrons. The Balaban J connectivity index is 1.49. The molecule has 2 aromatic heterocycles. The Hall–Kier alpha value is -3.66. The second-order valence-electron chi connectivity index (χ2n) is 8.72. The first-order valence-electron chi connectivity index (χ1n) is 11.4. The number of fused-ring (bicyclic) bond motifs is 1. The molecule has 178 valence electrons. The van der Waals surface area contributed by atoms with Gasteiger partial charge in [0.05, 0.1) is 37.0 Å². The lowest BCUT2D eigenvalue weighted by Crippen LogP contribution is -2.36. The van der Waals surface area contributed by atoms with Gasteiger partial charge >= 0.3 is 6.09 Å². The van der Waals surface area contributed by atoms with Crippen LogP contribution in [0, 0.1) is 6.92 Å². The van der Waals surface area contributed by atoms with Crippen LogP contribution in [0.3, 0.4) is 0 Å². The third-order valence-corrected chi connectivity index (χ3v) is 6.32. The van der Waals surface area contributed by atoms with Crippen LogP contribution >= 0.6 is 0 Å². The summed E-state index contributed by atoms with van der Waals surface area (Å²) in [5.41, 5.74) is 8.81. The molecule has 34 heavy (non-hydrogen) atoms. The van der Waals surface area contributed by atoms with Gasteiger partial charge in [0.1, 0.15) is 12.1 Å². The van der Waals surface area contributed by atoms with E-state index in [1.807, 2.05) is 29.7 Å². The van der Waals surface area contributed by atoms with Crippen LogP contribution < -0.4 is 10.3 Å². The fraction of sp³-hybridized carbons (Fsp3) is 0.417. The van der Waals surface area contributed by atoms with Crippen LogP contribution in [0.1, 0.15) is 18.1 Å². The van der Waals surface area contributed by atoms with Gasteiger partial charge in [-0.15, -0.1) is 0 Å². The third-order valence-electron chi connectivity index (χ3n) is 6.32. The smallest absolute Gasteiger partial charge is 0.410 e. The highest BCUT2D eigenvalue weighted by atomic mass is 16.6. The average molecular weight is 464 g/mol. The van der Waals surface area contributed by atoms with E-state index in [0.29, 0.717) is 32.2 Å². The van der Waals surface area contributed by atoms with E-state index in [1.54, 1.807) is 18.3 Å². The van der Waals surface area contributed by atoms with E-state index in [1.165, 1.54) is 5.56 Å². The first-order chi connectivity index (χ1) is 16.5. The molecule has 0 aliphatic carbocycles. The number of carbonyl (C=O) groups is 1. The quantitative estimate of drug-likeness (QED) is 0.443. The lowest BCUT2D eigenvalue weighted by molar-refractivity contribution is 0.123. The SMILES string of the molecule is C/C(=N\Nc1cc(N2CCOCC2)c2ncn(C[C@H]3COC(=O)N3C)c2n1)c1cccc(C)c1. The summed E-state index contributed by atoms with van der Waals surface area (Å²) in [4.78, 5) is 25.2. The molecule has 3 aromatic rings. The van der Waals surface area contributed by atoms with E-state index in [4.69, 9.17) is 14.5 Å². The first kappa shape index (κ1) is 22.1. The Labute approximate surface area is 198 Å². The number of pyridine rings is 1. The topological polar surface area (TPSA) is 97.1 Å². The number of imidazole rings is 1. The number of carbonyl (C=O) groups excluding carboxylic acids is 1. The van der Waals surface area contributed by atoms with E-state index in [9.17, 15) is 4.79 Å². The minimum Gasteiger partial charge on any atom is -0.447 e. The summed E-state index contributed by atoms with van der Waals surface area (Å²) >= 11 is 0. The number of aromatic nitrogens is 3. The number of cyclic esters (lactones) is 1. The van der Waals surface area contributed by atoms with E-state index < -0.39 is 0 Å². The highest BCUT2D eigenvalue weighted by molar-refractivity contribution is 5.99. The average Bonchev–Trinajstić information content (AvgIpc) is 3.41. The van der Waals surface area contributed by atoms with Crippen LogP contribution in [0.25, 0.3) is 11.2 Å². The molecule has 0 spiro atoms. The molecule has 10 heteroatoms. The summed E-state index contributed by atoms with van der Waals surface area (Å²) in [6.07, 6.45) is 1.48. The van der Waals surface area contributed by atoms with Gasteiger partial charge < -0.3 is 23.8 Å². The second kappa shape index (κ2) is 9.30. The maximum atomic E-state index is 11.8. The number of morpholine rings is 1. The van der Waals surface area contributed by atoms with Gasteiger partial charge in [-0.1, -0.05) is 29.8 Å². The number of hydrazone groups is 1. The molecular weight excluding hydrogens is 434 g/mol. The van der Waals surface area contributed by atoms with Crippen molar-refractivity contribution < 1.29 is 14.3 Å². The van der Waals surface area contributed by atoms with Crippen LogP contribution in [-0.4, -0.2) is 77.2 Å². The van der Waals surface area contributed by atoms with Crippen molar-refractivity contribution in [3.8, 4) is 0 Å². The minimum atomic E-state index is -0.306. The van der Waals surface area contributed by atoms with Crippen LogP contribution in [0.15, 0.2) is 41.8 Å². The second-order valence-corrected chi connectivity index (χ2v) is 8.72. The maximum Gasteiger partial charge on any atom is 0.410 e. The van der Waals surface area contributed by atoms with E-state index >= 15 is 0 Å². The van der Waals surface area contributed by atoms with Crippen LogP contribution in [0.2, 0.25) is 0 Å². The lowest BCUT2D eigenvalue weighted by Gasteiger charge is -2.29. The molecule has 1 N–H and O–H groups in total. The fourth-order valence-electron chi connectivity index (χ4n) is 4.26. The van der Waals surface area contributed by atoms with Crippen molar-refractivity contribution in [2.24, 2.45) is 5.10 Å². The number of ether oxygens (including phenoxy) is 2. The molecule has 4 heterocycles. The minimum absolute atomic E-state index is 0.0725. The highest BCUT2D eigenvalue weighted by Gasteiger charge is 2.30. The van der Waals surface area contributed by atoms with Crippen molar-refractivity contribution in [2.75, 3.05) is 50.3 Å². The summed E-state index contributed by atoms with van der Waals surface area (Å²) in [5, 5.41) is 4.60. The van der Waals surface area contributed by atoms with Gasteiger partial charge in [-0.2, -0.15) is 5.10 Å². The molecule has 0 unspecified atom stereocenters. The number of amides is 1. The monoisotopic (exact) mass is 463 g/mol. The van der Waals surface area contributed by atoms with Gasteiger partial charge in [0.25, 0.3) is 0 Å². The summed E-state index contributed by atoms with van der Waals surface area (Å²) in [5.74, 6) is 0.634. The van der Waals surface area contributed by atoms with Gasteiger partial charge in [0.15, 0.2) is 11.5 Å². The molecule has 0 bridgehead atoms. The number of nitrogens with zero attached hydrogens (tertiary/aromatic N) is 6. The first-order valence-corrected chi connectivity index (χ1v) is 11.4. The molecule has 1 amide bonds. The molecular formula is C24H29N7O3. The van der Waals surface area contributed by atoms with E-state index in [0.717, 1.165) is 41.2 Å². The molecule has 2 saturated heterocycles. The summed E-state index contributed by atoms with van der Waals surface area (Å²) < 4.78 is 12.7. The number of anilines is 2. The highest BCUT2D eigenvalue weighted by Crippen LogP contribution is 2.29. The molecule has 10 nitrogen and oxygen atoms in total. The van der Waals surface area contributed by atoms with Crippen molar-refractivity contribution >= 4 is 34.5 Å². The number of likely N-dealkylation sites (N-methyl/N-ethyl adjacent to an activating group) is 1. The number of hydrogen-bond acceptors (Lipinski definition) is 8. The van der Waals surface area contributed by atoms with Crippen LogP contribution in [0.5, 0.6) is 0 Å². The van der Waals surface area contributed by atoms with Gasteiger partial charge in [-0.3, -0.25) is 5.43 Å². The lowest BCUT2D eigenvalue weighted by atomic mass is 10.1. The Morgan fingerprint density at radius 2 is 2.09 bits per heavy atom. The molecule has 5 rings (SSSR count). The zero-order chi connectivity index (χ0) is 23.7. The van der Waals surface area contributed by atoms with Crippen molar-refractivity contribution in [3.63, 3.8) is 0 Å². The zero-order valence-electron chi connectivity index (χ0n) is 19.7. The number of nitrogens with one attached hydrogen (secondary N) is 1.